The minimum atomic E-state index is -0.617. The summed E-state index contributed by atoms with van der Waals surface area (Å²) in [7, 11) is 0. The van der Waals surface area contributed by atoms with Crippen LogP contribution in [0.25, 0.3) is 5.76 Å². The Morgan fingerprint density at radius 1 is 1.25 bits per heavy atom. The molecule has 1 N–H and O–H groups in total. The summed E-state index contributed by atoms with van der Waals surface area (Å²) in [5.74, 6) is -0.465. The van der Waals surface area contributed by atoms with Crippen LogP contribution in [0.5, 0.6) is 5.75 Å². The number of thiophene rings is 1. The SMILES string of the molecule is CCN(CC)CCCN1C(=O)C(=O)/C(=C(/O)c2ccc3c(c2)C[C@@H](C)O3)[C@H]1c1cccs1. The number of nitrogens with zero attached hydrogens (tertiary/aromatic N) is 2. The molecule has 170 valence electrons. The lowest BCUT2D eigenvalue weighted by atomic mass is 9.98. The summed E-state index contributed by atoms with van der Waals surface area (Å²) in [5.41, 5.74) is 1.72. The Labute approximate surface area is 193 Å². The predicted molar refractivity (Wildman–Crippen MR) is 126 cm³/mol. The Hall–Kier alpha value is -2.64. The van der Waals surface area contributed by atoms with Crippen molar-refractivity contribution in [2.45, 2.75) is 45.8 Å². The number of carbonyl (C=O) groups excluding carboxylic acids is 2. The number of aliphatic hydroxyl groups is 1. The number of benzene rings is 1. The minimum Gasteiger partial charge on any atom is -0.507 e. The van der Waals surface area contributed by atoms with Crippen molar-refractivity contribution in [2.75, 3.05) is 26.2 Å². The summed E-state index contributed by atoms with van der Waals surface area (Å²) in [5, 5.41) is 13.1. The number of ether oxygens (including phenoxy) is 1. The fraction of sp³-hybridized carbons (Fsp3) is 0.440. The van der Waals surface area contributed by atoms with E-state index < -0.39 is 17.7 Å². The lowest BCUT2D eigenvalue weighted by Crippen LogP contribution is -2.33. The third-order valence-corrected chi connectivity index (χ3v) is 7.21. The van der Waals surface area contributed by atoms with Gasteiger partial charge in [0.2, 0.25) is 0 Å². The van der Waals surface area contributed by atoms with E-state index in [1.54, 1.807) is 11.0 Å². The van der Waals surface area contributed by atoms with Crippen molar-refractivity contribution in [3.8, 4) is 5.75 Å². The molecule has 2 aliphatic heterocycles. The molecule has 0 saturated carbocycles. The molecule has 7 heteroatoms. The average Bonchev–Trinajstić information content (AvgIpc) is 3.49. The molecule has 0 aliphatic carbocycles. The van der Waals surface area contributed by atoms with E-state index in [0.29, 0.717) is 12.1 Å². The molecule has 0 spiro atoms. The molecule has 0 unspecified atom stereocenters. The molecule has 3 heterocycles. The van der Waals surface area contributed by atoms with Crippen LogP contribution in [0.2, 0.25) is 0 Å². The lowest BCUT2D eigenvalue weighted by Gasteiger charge is -2.25. The number of carbonyl (C=O) groups is 2. The van der Waals surface area contributed by atoms with Crippen molar-refractivity contribution in [1.29, 1.82) is 0 Å². The van der Waals surface area contributed by atoms with Crippen LogP contribution in [-0.4, -0.2) is 58.9 Å². The van der Waals surface area contributed by atoms with Crippen molar-refractivity contribution in [2.24, 2.45) is 0 Å². The molecule has 4 rings (SSSR count). The van der Waals surface area contributed by atoms with Crippen LogP contribution < -0.4 is 4.74 Å². The molecule has 1 amide bonds. The van der Waals surface area contributed by atoms with Crippen LogP contribution in [0.3, 0.4) is 0 Å². The van der Waals surface area contributed by atoms with Gasteiger partial charge < -0.3 is 19.6 Å². The van der Waals surface area contributed by atoms with Gasteiger partial charge in [-0.05, 0) is 68.2 Å². The van der Waals surface area contributed by atoms with E-state index in [2.05, 4.69) is 18.7 Å². The van der Waals surface area contributed by atoms with Gasteiger partial charge in [0.15, 0.2) is 0 Å². The summed E-state index contributed by atoms with van der Waals surface area (Å²) in [4.78, 5) is 30.9. The number of ketones is 1. The van der Waals surface area contributed by atoms with Gasteiger partial charge in [0.05, 0.1) is 11.6 Å². The van der Waals surface area contributed by atoms with Crippen LogP contribution in [0.15, 0.2) is 41.3 Å². The number of Topliss-reactive ketones (excluding diaryl/α,β-unsaturated/α-hetero) is 1. The van der Waals surface area contributed by atoms with Gasteiger partial charge in [-0.25, -0.2) is 0 Å². The van der Waals surface area contributed by atoms with Crippen molar-refractivity contribution >= 4 is 28.8 Å². The first-order chi connectivity index (χ1) is 15.4. The fourth-order valence-electron chi connectivity index (χ4n) is 4.58. The molecular weight excluding hydrogens is 424 g/mol. The second-order valence-corrected chi connectivity index (χ2v) is 9.32. The van der Waals surface area contributed by atoms with E-state index in [1.165, 1.54) is 11.3 Å². The van der Waals surface area contributed by atoms with E-state index in [-0.39, 0.29) is 17.4 Å². The highest BCUT2D eigenvalue weighted by atomic mass is 32.1. The Kier molecular flexibility index (Phi) is 6.67. The van der Waals surface area contributed by atoms with Crippen molar-refractivity contribution in [3.63, 3.8) is 0 Å². The van der Waals surface area contributed by atoms with Gasteiger partial charge >= 0.3 is 0 Å². The van der Waals surface area contributed by atoms with Crippen LogP contribution >= 0.6 is 11.3 Å². The van der Waals surface area contributed by atoms with Gasteiger partial charge in [-0.2, -0.15) is 0 Å². The highest BCUT2D eigenvalue weighted by molar-refractivity contribution is 7.10. The van der Waals surface area contributed by atoms with Gasteiger partial charge in [0.25, 0.3) is 11.7 Å². The Balaban J connectivity index is 1.68. The number of hydrogen-bond donors (Lipinski definition) is 1. The summed E-state index contributed by atoms with van der Waals surface area (Å²) in [6, 6.07) is 8.72. The maximum Gasteiger partial charge on any atom is 0.295 e. The van der Waals surface area contributed by atoms with Crippen molar-refractivity contribution in [3.05, 3.63) is 57.3 Å². The lowest BCUT2D eigenvalue weighted by molar-refractivity contribution is -0.139. The molecule has 0 radical (unpaired) electrons. The fourth-order valence-corrected chi connectivity index (χ4v) is 5.43. The average molecular weight is 455 g/mol. The number of hydrogen-bond acceptors (Lipinski definition) is 6. The molecule has 0 bridgehead atoms. The summed E-state index contributed by atoms with van der Waals surface area (Å²) >= 11 is 1.49. The van der Waals surface area contributed by atoms with Crippen LogP contribution in [0.4, 0.5) is 0 Å². The largest absolute Gasteiger partial charge is 0.507 e. The maximum absolute atomic E-state index is 13.1. The highest BCUT2D eigenvalue weighted by Gasteiger charge is 2.46. The first-order valence-corrected chi connectivity index (χ1v) is 12.2. The van der Waals surface area contributed by atoms with Gasteiger partial charge in [-0.1, -0.05) is 19.9 Å². The van der Waals surface area contributed by atoms with E-state index in [4.69, 9.17) is 4.74 Å². The molecule has 1 saturated heterocycles. The first-order valence-electron chi connectivity index (χ1n) is 11.3. The van der Waals surface area contributed by atoms with Crippen molar-refractivity contribution < 1.29 is 19.4 Å². The quantitative estimate of drug-likeness (QED) is 0.367. The normalized spacial score (nSPS) is 21.9. The number of amides is 1. The second kappa shape index (κ2) is 9.46. The van der Waals surface area contributed by atoms with Crippen LogP contribution in [0.1, 0.15) is 49.2 Å². The van der Waals surface area contributed by atoms with Crippen molar-refractivity contribution in [1.82, 2.24) is 9.80 Å². The molecule has 1 aromatic heterocycles. The monoisotopic (exact) mass is 454 g/mol. The summed E-state index contributed by atoms with van der Waals surface area (Å²) in [6.07, 6.45) is 1.61. The number of aliphatic hydroxyl groups excluding tert-OH is 1. The minimum absolute atomic E-state index is 0.0879. The molecule has 2 aromatic rings. The molecule has 2 atom stereocenters. The smallest absolute Gasteiger partial charge is 0.295 e. The number of fused-ring (bicyclic) bond motifs is 1. The van der Waals surface area contributed by atoms with Gasteiger partial charge in [0, 0.05) is 23.4 Å². The highest BCUT2D eigenvalue weighted by Crippen LogP contribution is 2.42. The van der Waals surface area contributed by atoms with E-state index >= 15 is 0 Å². The van der Waals surface area contributed by atoms with E-state index in [1.807, 2.05) is 36.6 Å². The third-order valence-electron chi connectivity index (χ3n) is 6.29. The van der Waals surface area contributed by atoms with Crippen LogP contribution in [0, 0.1) is 0 Å². The number of likely N-dealkylation sites (tertiary alicyclic amines) is 1. The Bertz CT molecular complexity index is 1030. The van der Waals surface area contributed by atoms with E-state index in [9.17, 15) is 14.7 Å². The van der Waals surface area contributed by atoms with Gasteiger partial charge in [0.1, 0.15) is 17.6 Å². The first kappa shape index (κ1) is 22.6. The second-order valence-electron chi connectivity index (χ2n) is 8.34. The van der Waals surface area contributed by atoms with Crippen LogP contribution in [-0.2, 0) is 16.0 Å². The molecule has 32 heavy (non-hydrogen) atoms. The zero-order valence-corrected chi connectivity index (χ0v) is 19.7. The molecule has 1 fully saturated rings. The Morgan fingerprint density at radius 2 is 2.03 bits per heavy atom. The summed E-state index contributed by atoms with van der Waals surface area (Å²) in [6.45, 7) is 9.45. The molecule has 1 aromatic carbocycles. The topological polar surface area (TPSA) is 70.1 Å². The number of rotatable bonds is 8. The predicted octanol–water partition coefficient (Wildman–Crippen LogP) is 4.23. The third kappa shape index (κ3) is 4.19. The zero-order chi connectivity index (χ0) is 22.8. The standard InChI is InChI=1S/C25H30N2O4S/c1-4-26(5-2)11-7-12-27-22(20-8-6-13-32-20)21(24(29)25(27)30)23(28)17-9-10-19-18(15-17)14-16(3)31-19/h6,8-10,13,15-16,22,28H,4-5,7,11-12,14H2,1-3H3/b23-21+/t16-,22-/m1/s1. The summed E-state index contributed by atoms with van der Waals surface area (Å²) < 4.78 is 5.75. The Morgan fingerprint density at radius 3 is 2.72 bits per heavy atom. The zero-order valence-electron chi connectivity index (χ0n) is 18.8. The van der Waals surface area contributed by atoms with Gasteiger partial charge in [-0.15, -0.1) is 11.3 Å². The maximum atomic E-state index is 13.1. The van der Waals surface area contributed by atoms with E-state index in [0.717, 1.165) is 48.7 Å². The van der Waals surface area contributed by atoms with Gasteiger partial charge in [-0.3, -0.25) is 9.59 Å². The molecule has 2 aliphatic rings. The molecular formula is C25H30N2O4S. The molecule has 6 nitrogen and oxygen atoms in total.